The summed E-state index contributed by atoms with van der Waals surface area (Å²) in [4.78, 5) is 10.3. The summed E-state index contributed by atoms with van der Waals surface area (Å²) in [6.45, 7) is 0. The fourth-order valence-electron chi connectivity index (χ4n) is 16.5. The first-order valence-corrected chi connectivity index (χ1v) is 38.1. The molecule has 6 heterocycles. The van der Waals surface area contributed by atoms with Crippen molar-refractivity contribution in [1.29, 1.82) is 0 Å². The van der Waals surface area contributed by atoms with Crippen molar-refractivity contribution in [2.45, 2.75) is 0 Å². The van der Waals surface area contributed by atoms with E-state index >= 15 is 0 Å². The van der Waals surface area contributed by atoms with E-state index in [1.165, 1.54) is 71.4 Å². The molecule has 0 bridgehead atoms. The van der Waals surface area contributed by atoms with Gasteiger partial charge < -0.3 is 18.0 Å². The van der Waals surface area contributed by atoms with Gasteiger partial charge in [-0.3, -0.25) is 0 Å². The average molecular weight is 1430 g/mol. The van der Waals surface area contributed by atoms with Crippen LogP contribution in [0.2, 0.25) is 0 Å². The average Bonchev–Trinajstić information content (AvgIpc) is 1.59. The van der Waals surface area contributed by atoms with Gasteiger partial charge in [0.15, 0.2) is 0 Å². The van der Waals surface area contributed by atoms with Gasteiger partial charge in [-0.25, -0.2) is 9.97 Å². The molecule has 0 radical (unpaired) electrons. The van der Waals surface area contributed by atoms with E-state index < -0.39 is 0 Å². The minimum atomic E-state index is 0.907. The van der Waals surface area contributed by atoms with Crippen LogP contribution < -0.4 is 0 Å². The lowest BCUT2D eigenvalue weighted by molar-refractivity contribution is 0.668. The Balaban J connectivity index is 0.000000141. The molecular formula is C106H68N4O2. The third-order valence-electron chi connectivity index (χ3n) is 22.0. The van der Waals surface area contributed by atoms with Crippen LogP contribution >= 0.6 is 0 Å². The van der Waals surface area contributed by atoms with E-state index in [4.69, 9.17) is 18.8 Å². The number of fused-ring (bicyclic) bond motifs is 12. The molecule has 0 N–H and O–H groups in total. The predicted octanol–water partition coefficient (Wildman–Crippen LogP) is 28.8. The van der Waals surface area contributed by atoms with Crippen molar-refractivity contribution >= 4 is 87.5 Å². The molecule has 16 aromatic carbocycles. The first-order chi connectivity index (χ1) is 55.5. The van der Waals surface area contributed by atoms with Crippen molar-refractivity contribution in [3.05, 3.63) is 413 Å². The Kier molecular flexibility index (Phi) is 16.1. The highest BCUT2D eigenvalue weighted by atomic mass is 16.3. The molecule has 6 nitrogen and oxygen atoms in total. The van der Waals surface area contributed by atoms with Gasteiger partial charge in [-0.1, -0.05) is 285 Å². The summed E-state index contributed by atoms with van der Waals surface area (Å²) in [7, 11) is 0. The van der Waals surface area contributed by atoms with Crippen LogP contribution in [-0.4, -0.2) is 19.1 Å². The number of para-hydroxylation sites is 4. The van der Waals surface area contributed by atoms with Crippen LogP contribution in [0, 0.1) is 0 Å². The number of furan rings is 2. The van der Waals surface area contributed by atoms with Gasteiger partial charge in [-0.15, -0.1) is 0 Å². The van der Waals surface area contributed by atoms with E-state index in [1.807, 2.05) is 42.5 Å². The summed E-state index contributed by atoms with van der Waals surface area (Å²) in [6, 6.07) is 147. The molecule has 0 amide bonds. The number of benzene rings is 16. The zero-order valence-electron chi connectivity index (χ0n) is 60.9. The SMILES string of the molecule is c1ccc(-c2cc(-c3cccc(-c4ccc5c(c4)c4ccccc4n5-c4cccc(-c5ccc6oc7ccccc7c6c5)c4)c3)cc(-c3ccccc3)n2)cc1.c1ccc(-c2cc(-c3ccccc3)nc(-c3ccc(-c4ccc5c(c4)c4ccccc4n5-c4cccc(-c5ccc6oc7ccccc7c6c5)c4)cc3)c2)cc1. The van der Waals surface area contributed by atoms with Crippen LogP contribution in [0.25, 0.3) is 211 Å². The summed E-state index contributed by atoms with van der Waals surface area (Å²) in [5, 5.41) is 9.45. The maximum Gasteiger partial charge on any atom is 0.135 e. The normalized spacial score (nSPS) is 11.6. The van der Waals surface area contributed by atoms with Gasteiger partial charge in [0.25, 0.3) is 0 Å². The van der Waals surface area contributed by atoms with E-state index in [0.29, 0.717) is 0 Å². The van der Waals surface area contributed by atoms with Crippen LogP contribution in [-0.2, 0) is 0 Å². The lowest BCUT2D eigenvalue weighted by Gasteiger charge is -2.12. The van der Waals surface area contributed by atoms with Crippen LogP contribution in [0.3, 0.4) is 0 Å². The Labute approximate surface area is 646 Å². The summed E-state index contributed by atoms with van der Waals surface area (Å²) in [6.07, 6.45) is 0. The second kappa shape index (κ2) is 27.7. The highest BCUT2D eigenvalue weighted by Gasteiger charge is 2.20. The van der Waals surface area contributed by atoms with Crippen molar-refractivity contribution in [2.24, 2.45) is 0 Å². The highest BCUT2D eigenvalue weighted by molar-refractivity contribution is 6.13. The third kappa shape index (κ3) is 12.0. The third-order valence-corrected chi connectivity index (χ3v) is 22.0. The van der Waals surface area contributed by atoms with E-state index in [1.54, 1.807) is 0 Å². The van der Waals surface area contributed by atoms with Gasteiger partial charge in [0.2, 0.25) is 0 Å². The monoisotopic (exact) mass is 1430 g/mol. The second-order valence-corrected chi connectivity index (χ2v) is 28.8. The van der Waals surface area contributed by atoms with E-state index in [-0.39, 0.29) is 0 Å². The fourth-order valence-corrected chi connectivity index (χ4v) is 16.5. The molecule has 112 heavy (non-hydrogen) atoms. The van der Waals surface area contributed by atoms with Crippen molar-refractivity contribution in [3.63, 3.8) is 0 Å². The van der Waals surface area contributed by atoms with Gasteiger partial charge in [0, 0.05) is 76.7 Å². The van der Waals surface area contributed by atoms with Gasteiger partial charge in [0.05, 0.1) is 44.8 Å². The lowest BCUT2D eigenvalue weighted by Crippen LogP contribution is -1.94. The molecule has 0 aliphatic heterocycles. The molecule has 0 spiro atoms. The molecule has 6 heteroatoms. The molecule has 6 aromatic heterocycles. The number of hydrogen-bond acceptors (Lipinski definition) is 4. The summed E-state index contributed by atoms with van der Waals surface area (Å²) in [5.74, 6) is 0. The molecule has 0 saturated carbocycles. The fraction of sp³-hybridized carbons (Fsp3) is 0. The zero-order valence-corrected chi connectivity index (χ0v) is 60.9. The van der Waals surface area contributed by atoms with Gasteiger partial charge in [-0.2, -0.15) is 0 Å². The van der Waals surface area contributed by atoms with E-state index in [9.17, 15) is 0 Å². The first-order valence-electron chi connectivity index (χ1n) is 38.1. The van der Waals surface area contributed by atoms with Gasteiger partial charge in [-0.05, 0) is 194 Å². The largest absolute Gasteiger partial charge is 0.456 e. The van der Waals surface area contributed by atoms with Crippen LogP contribution in [0.1, 0.15) is 0 Å². The number of rotatable bonds is 12. The Hall–Kier alpha value is -15.0. The summed E-state index contributed by atoms with van der Waals surface area (Å²) < 4.78 is 17.0. The van der Waals surface area contributed by atoms with Crippen LogP contribution in [0.5, 0.6) is 0 Å². The van der Waals surface area contributed by atoms with E-state index in [0.717, 1.165) is 139 Å². The molecule has 0 aliphatic rings. The Morgan fingerprint density at radius 1 is 0.152 bits per heavy atom. The standard InChI is InChI=1S/2C53H34N2O/c1-3-13-35(14-4-1)48-33-42(34-49(54-48)36-15-5-2-6-16-36)38-18-11-17-37(29-38)40-25-27-51-46(31-40)44-21-7-9-23-50(44)55(51)43-20-12-19-39(30-43)41-26-28-53-47(32-41)45-22-8-10-24-52(45)56-53;1-3-12-35(13-4-1)42-33-48(37-14-5-2-6-15-37)54-49(34-42)38-24-22-36(23-25-38)40-26-28-51-46(31-40)44-18-7-9-20-50(44)55(51)43-17-11-16-39(30-43)41-27-29-53-47(32-41)45-19-8-10-21-52(45)56-53/h2*1-34H. The van der Waals surface area contributed by atoms with Gasteiger partial charge in [0.1, 0.15) is 22.3 Å². The zero-order chi connectivity index (χ0) is 74.0. The van der Waals surface area contributed by atoms with Crippen LogP contribution in [0.4, 0.5) is 0 Å². The lowest BCUT2D eigenvalue weighted by atomic mass is 9.96. The molecule has 0 fully saturated rings. The maximum atomic E-state index is 6.13. The molecule has 0 saturated heterocycles. The topological polar surface area (TPSA) is 61.9 Å². The number of aromatic nitrogens is 4. The minimum absolute atomic E-state index is 0.907. The van der Waals surface area contributed by atoms with Crippen molar-refractivity contribution < 1.29 is 8.83 Å². The Morgan fingerprint density at radius 2 is 0.420 bits per heavy atom. The molecule has 0 atom stereocenters. The molecular weight excluding hydrogens is 1360 g/mol. The first kappa shape index (κ1) is 65.3. The quantitative estimate of drug-likeness (QED) is 0.122. The van der Waals surface area contributed by atoms with Gasteiger partial charge >= 0.3 is 0 Å². The second-order valence-electron chi connectivity index (χ2n) is 28.8. The molecule has 0 aliphatic carbocycles. The minimum Gasteiger partial charge on any atom is -0.456 e. The van der Waals surface area contributed by atoms with E-state index in [2.05, 4.69) is 379 Å². The molecule has 0 unspecified atom stereocenters. The molecule has 22 aromatic rings. The predicted molar refractivity (Wildman–Crippen MR) is 466 cm³/mol. The summed E-state index contributed by atoms with van der Waals surface area (Å²) >= 11 is 0. The number of pyridine rings is 2. The number of nitrogens with zero attached hydrogens (tertiary/aromatic N) is 4. The molecule has 524 valence electrons. The van der Waals surface area contributed by atoms with Crippen molar-refractivity contribution in [1.82, 2.24) is 19.1 Å². The van der Waals surface area contributed by atoms with Crippen LogP contribution in [0.15, 0.2) is 421 Å². The molecule has 22 rings (SSSR count). The Morgan fingerprint density at radius 3 is 0.866 bits per heavy atom. The highest BCUT2D eigenvalue weighted by Crippen LogP contribution is 2.43. The summed E-state index contributed by atoms with van der Waals surface area (Å²) in [5.41, 5.74) is 32.8. The Bertz CT molecular complexity index is 7240. The number of hydrogen-bond donors (Lipinski definition) is 0. The van der Waals surface area contributed by atoms with Crippen molar-refractivity contribution in [3.8, 4) is 123 Å². The smallest absolute Gasteiger partial charge is 0.135 e. The maximum absolute atomic E-state index is 6.13. The van der Waals surface area contributed by atoms with Crippen molar-refractivity contribution in [2.75, 3.05) is 0 Å².